The van der Waals surface area contributed by atoms with E-state index in [0.717, 1.165) is 0 Å². The molecule has 2 aromatic carbocycles. The summed E-state index contributed by atoms with van der Waals surface area (Å²) in [6, 6.07) is 9.42. The topological polar surface area (TPSA) is 172 Å². The number of methoxy groups -OCH3 is 2. The molecule has 14 heteroatoms. The average molecular weight is 559 g/mol. The van der Waals surface area contributed by atoms with Crippen LogP contribution in [0.1, 0.15) is 25.0 Å². The molecule has 0 bridgehead atoms. The van der Waals surface area contributed by atoms with Crippen LogP contribution in [0.2, 0.25) is 0 Å². The summed E-state index contributed by atoms with van der Waals surface area (Å²) in [7, 11) is 2.84. The van der Waals surface area contributed by atoms with Crippen LogP contribution in [-0.4, -0.2) is 76.8 Å². The second-order valence-corrected chi connectivity index (χ2v) is 7.41. The average Bonchev–Trinajstić information content (AvgIpc) is 2.95. The lowest BCUT2D eigenvalue weighted by molar-refractivity contribution is -0.146. The summed E-state index contributed by atoms with van der Waals surface area (Å²) in [5.41, 5.74) is 5.19. The van der Waals surface area contributed by atoms with Crippen molar-refractivity contribution in [3.63, 3.8) is 0 Å². The molecular formula is C26H30N4O10. The zero-order valence-corrected chi connectivity index (χ0v) is 22.4. The van der Waals surface area contributed by atoms with E-state index >= 15 is 0 Å². The molecule has 0 aliphatic rings. The number of nitrogens with one attached hydrogen (secondary N) is 2. The van der Waals surface area contributed by atoms with Crippen molar-refractivity contribution in [3.05, 3.63) is 47.5 Å². The third-order valence-electron chi connectivity index (χ3n) is 4.64. The molecule has 0 saturated heterocycles. The molecule has 14 nitrogen and oxygen atoms in total. The van der Waals surface area contributed by atoms with Crippen LogP contribution in [0.3, 0.4) is 0 Å². The molecule has 2 aromatic rings. The van der Waals surface area contributed by atoms with E-state index in [2.05, 4.69) is 21.1 Å². The predicted molar refractivity (Wildman–Crippen MR) is 142 cm³/mol. The van der Waals surface area contributed by atoms with Gasteiger partial charge in [0, 0.05) is 0 Å². The molecule has 0 atom stereocenters. The molecule has 2 amide bonds. The second kappa shape index (κ2) is 16.7. The third kappa shape index (κ3) is 10.3. The molecule has 40 heavy (non-hydrogen) atoms. The highest BCUT2D eigenvalue weighted by Crippen LogP contribution is 2.28. The van der Waals surface area contributed by atoms with Gasteiger partial charge in [0.05, 0.1) is 39.9 Å². The quantitative estimate of drug-likeness (QED) is 0.148. The Bertz CT molecular complexity index is 1150. The van der Waals surface area contributed by atoms with Gasteiger partial charge in [-0.25, -0.2) is 20.4 Å². The van der Waals surface area contributed by atoms with Crippen molar-refractivity contribution in [2.45, 2.75) is 13.8 Å². The number of carbonyl (C=O) groups is 4. The summed E-state index contributed by atoms with van der Waals surface area (Å²) >= 11 is 0. The molecule has 2 N–H and O–H groups in total. The fourth-order valence-electron chi connectivity index (χ4n) is 2.88. The maximum absolute atomic E-state index is 12.0. The highest BCUT2D eigenvalue weighted by Gasteiger charge is 2.13. The number of amides is 2. The van der Waals surface area contributed by atoms with E-state index in [1.54, 1.807) is 50.2 Å². The first-order valence-electron chi connectivity index (χ1n) is 11.9. The summed E-state index contributed by atoms with van der Waals surface area (Å²) in [5.74, 6) is -1.89. The van der Waals surface area contributed by atoms with Gasteiger partial charge in [0.1, 0.15) is 0 Å². The number of ether oxygens (including phenoxy) is 6. The molecule has 0 radical (unpaired) electrons. The van der Waals surface area contributed by atoms with Crippen molar-refractivity contribution in [2.24, 2.45) is 10.2 Å². The minimum atomic E-state index is -1.06. The van der Waals surface area contributed by atoms with Crippen molar-refractivity contribution in [1.29, 1.82) is 0 Å². The molecule has 0 aliphatic heterocycles. The molecule has 0 fully saturated rings. The van der Waals surface area contributed by atoms with Gasteiger partial charge in [-0.2, -0.15) is 10.2 Å². The van der Waals surface area contributed by atoms with E-state index in [0.29, 0.717) is 34.1 Å². The van der Waals surface area contributed by atoms with E-state index in [4.69, 9.17) is 28.4 Å². The normalized spacial score (nSPS) is 10.6. The van der Waals surface area contributed by atoms with Crippen molar-refractivity contribution in [3.8, 4) is 23.0 Å². The zero-order chi connectivity index (χ0) is 29.3. The third-order valence-corrected chi connectivity index (χ3v) is 4.64. The van der Waals surface area contributed by atoms with Crippen LogP contribution in [0.25, 0.3) is 0 Å². The van der Waals surface area contributed by atoms with Crippen molar-refractivity contribution in [2.75, 3.05) is 40.6 Å². The lowest BCUT2D eigenvalue weighted by Gasteiger charge is -2.10. The zero-order valence-electron chi connectivity index (χ0n) is 22.4. The molecule has 0 unspecified atom stereocenters. The smallest absolute Gasteiger partial charge is 0.344 e. The van der Waals surface area contributed by atoms with Crippen LogP contribution < -0.4 is 29.8 Å². The van der Waals surface area contributed by atoms with Crippen LogP contribution in [0.15, 0.2) is 46.6 Å². The SMILES string of the molecule is CCOC(=O)COc1ccc(/C=N/NC(=O)C(=O)N/N=C/c2ccc(OCC(=O)OCC)c(OC)c2)cc1OC. The Labute approximate surface area is 230 Å². The van der Waals surface area contributed by atoms with Crippen molar-refractivity contribution < 1.29 is 47.6 Å². The maximum atomic E-state index is 12.0. The Hall–Kier alpha value is -5.14. The van der Waals surface area contributed by atoms with Crippen LogP contribution in [0.5, 0.6) is 23.0 Å². The Morgan fingerprint density at radius 1 is 0.675 bits per heavy atom. The number of rotatable bonds is 14. The number of hydrogen-bond acceptors (Lipinski definition) is 12. The van der Waals surface area contributed by atoms with Gasteiger partial charge in [0.2, 0.25) is 0 Å². The summed E-state index contributed by atoms with van der Waals surface area (Å²) in [4.78, 5) is 46.9. The number of esters is 2. The molecule has 0 spiro atoms. The van der Waals surface area contributed by atoms with E-state index in [1.165, 1.54) is 26.6 Å². The van der Waals surface area contributed by atoms with Gasteiger partial charge >= 0.3 is 23.8 Å². The highest BCUT2D eigenvalue weighted by molar-refractivity contribution is 6.35. The fraction of sp³-hybridized carbons (Fsp3) is 0.308. The van der Waals surface area contributed by atoms with Crippen LogP contribution >= 0.6 is 0 Å². The summed E-state index contributed by atoms with van der Waals surface area (Å²) < 4.78 is 30.8. The van der Waals surface area contributed by atoms with Gasteiger partial charge in [-0.1, -0.05) is 0 Å². The Morgan fingerprint density at radius 3 is 1.43 bits per heavy atom. The van der Waals surface area contributed by atoms with Gasteiger partial charge in [0.15, 0.2) is 36.2 Å². The summed E-state index contributed by atoms with van der Waals surface area (Å²) in [5, 5.41) is 7.47. The van der Waals surface area contributed by atoms with E-state index in [9.17, 15) is 19.2 Å². The predicted octanol–water partition coefficient (Wildman–Crippen LogP) is 1.19. The number of hydrogen-bond donors (Lipinski definition) is 2. The second-order valence-electron chi connectivity index (χ2n) is 7.41. The van der Waals surface area contributed by atoms with Gasteiger partial charge in [-0.05, 0) is 61.4 Å². The molecule has 0 aliphatic carbocycles. The number of nitrogens with zero attached hydrogens (tertiary/aromatic N) is 2. The monoisotopic (exact) mass is 558 g/mol. The minimum absolute atomic E-state index is 0.241. The largest absolute Gasteiger partial charge is 0.493 e. The summed E-state index contributed by atoms with van der Waals surface area (Å²) in [6.07, 6.45) is 2.56. The fourth-order valence-corrected chi connectivity index (χ4v) is 2.88. The van der Waals surface area contributed by atoms with Gasteiger partial charge < -0.3 is 28.4 Å². The van der Waals surface area contributed by atoms with E-state index in [-0.39, 0.29) is 26.4 Å². The van der Waals surface area contributed by atoms with Crippen molar-refractivity contribution in [1.82, 2.24) is 10.9 Å². The first kappa shape index (κ1) is 31.1. The number of carbonyl (C=O) groups excluding carboxylic acids is 4. The van der Waals surface area contributed by atoms with Crippen LogP contribution in [0, 0.1) is 0 Å². The maximum Gasteiger partial charge on any atom is 0.344 e. The number of benzene rings is 2. The molecule has 2 rings (SSSR count). The standard InChI is InChI=1S/C26H30N4O10/c1-5-37-23(31)15-39-19-9-7-17(11-21(19)35-3)13-27-29-25(33)26(34)30-28-14-18-8-10-20(22(12-18)36-4)40-16-24(32)38-6-2/h7-14H,5-6,15-16H2,1-4H3,(H,29,33)(H,30,34)/b27-13+,28-14+. The Kier molecular flexibility index (Phi) is 12.9. The molecular weight excluding hydrogens is 528 g/mol. The molecule has 0 saturated carbocycles. The van der Waals surface area contributed by atoms with Gasteiger partial charge in [0.25, 0.3) is 0 Å². The number of hydrazone groups is 2. The molecule has 214 valence electrons. The van der Waals surface area contributed by atoms with Gasteiger partial charge in [-0.3, -0.25) is 9.59 Å². The lowest BCUT2D eigenvalue weighted by atomic mass is 10.2. The molecule has 0 aromatic heterocycles. The minimum Gasteiger partial charge on any atom is -0.493 e. The van der Waals surface area contributed by atoms with E-state index in [1.807, 2.05) is 0 Å². The lowest BCUT2D eigenvalue weighted by Crippen LogP contribution is -2.35. The molecule has 0 heterocycles. The first-order valence-corrected chi connectivity index (χ1v) is 11.9. The van der Waals surface area contributed by atoms with Crippen molar-refractivity contribution >= 4 is 36.2 Å². The summed E-state index contributed by atoms with van der Waals surface area (Å²) in [6.45, 7) is 3.30. The van der Waals surface area contributed by atoms with Crippen LogP contribution in [0.4, 0.5) is 0 Å². The highest BCUT2D eigenvalue weighted by atomic mass is 16.6. The first-order chi connectivity index (χ1) is 19.3. The van der Waals surface area contributed by atoms with E-state index < -0.39 is 23.8 Å². The van der Waals surface area contributed by atoms with Crippen LogP contribution in [-0.2, 0) is 28.7 Å². The Morgan fingerprint density at radius 2 is 1.07 bits per heavy atom. The Balaban J connectivity index is 1.88. The van der Waals surface area contributed by atoms with Gasteiger partial charge in [-0.15, -0.1) is 0 Å².